The van der Waals surface area contributed by atoms with Gasteiger partial charge in [-0.3, -0.25) is 4.79 Å². The minimum atomic E-state index is -1.23. The Labute approximate surface area is 204 Å². The average Bonchev–Trinajstić information content (AvgIpc) is 3.11. The highest BCUT2D eigenvalue weighted by atomic mass is 19.1. The van der Waals surface area contributed by atoms with Crippen LogP contribution in [0, 0.1) is 18.6 Å². The van der Waals surface area contributed by atoms with Gasteiger partial charge in [0, 0.05) is 31.0 Å². The van der Waals surface area contributed by atoms with Crippen LogP contribution in [0.1, 0.15) is 50.3 Å². The molecule has 2 aromatic carbocycles. The summed E-state index contributed by atoms with van der Waals surface area (Å²) in [6.07, 6.45) is -1.03. The van der Waals surface area contributed by atoms with Crippen molar-refractivity contribution >= 4 is 5.91 Å². The maximum absolute atomic E-state index is 14.3. The van der Waals surface area contributed by atoms with Crippen LogP contribution in [0.15, 0.2) is 42.5 Å². The molecular formula is C27H33F2NO5. The largest absolute Gasteiger partial charge is 0.370 e. The number of ether oxygens (including phenoxy) is 4. The molecule has 1 amide bonds. The number of likely N-dealkylation sites (N-methyl/N-ethyl adjacent to an activating group) is 1. The molecule has 0 radical (unpaired) electrons. The van der Waals surface area contributed by atoms with Crippen LogP contribution in [-0.4, -0.2) is 42.2 Å². The number of halogens is 2. The average molecular weight is 490 g/mol. The van der Waals surface area contributed by atoms with Gasteiger partial charge in [0.1, 0.15) is 17.7 Å². The number of rotatable bonds is 8. The Kier molecular flexibility index (Phi) is 7.57. The normalized spacial score (nSPS) is 27.4. The molecule has 0 bridgehead atoms. The van der Waals surface area contributed by atoms with Gasteiger partial charge >= 0.3 is 0 Å². The minimum Gasteiger partial charge on any atom is -0.370 e. The highest BCUT2D eigenvalue weighted by Gasteiger charge is 2.58. The molecule has 0 spiro atoms. The first-order chi connectivity index (χ1) is 16.6. The zero-order valence-corrected chi connectivity index (χ0v) is 20.6. The van der Waals surface area contributed by atoms with Crippen molar-refractivity contribution in [1.82, 2.24) is 5.32 Å². The van der Waals surface area contributed by atoms with E-state index in [0.717, 1.165) is 17.2 Å². The van der Waals surface area contributed by atoms with E-state index in [1.165, 1.54) is 12.1 Å². The van der Waals surface area contributed by atoms with Crippen molar-refractivity contribution < 1.29 is 32.5 Å². The van der Waals surface area contributed by atoms with Crippen molar-refractivity contribution in [3.63, 3.8) is 0 Å². The van der Waals surface area contributed by atoms with Gasteiger partial charge in [-0.25, -0.2) is 8.78 Å². The standard InChI is InChI=1S/C27H33F2NO5/c1-5-30-25(31)27(33-15-18-8-6-7-17(2)11-18)13-22(24-23(14-27)34-26(3,4)35-24)32-16-19-9-10-20(28)12-21(19)29/h6-12,22-24H,5,13-16H2,1-4H3,(H,30,31)/t22-,23-,24+,27-/m1/s1. The first-order valence-corrected chi connectivity index (χ1v) is 12.0. The monoisotopic (exact) mass is 489 g/mol. The number of carbonyl (C=O) groups excluding carboxylic acids is 1. The van der Waals surface area contributed by atoms with Gasteiger partial charge in [0.05, 0.1) is 25.4 Å². The van der Waals surface area contributed by atoms with E-state index in [9.17, 15) is 13.6 Å². The predicted octanol–water partition coefficient (Wildman–Crippen LogP) is 4.56. The van der Waals surface area contributed by atoms with Gasteiger partial charge in [0.2, 0.25) is 0 Å². The molecule has 2 aliphatic rings. The number of benzene rings is 2. The van der Waals surface area contributed by atoms with Crippen LogP contribution in [0.4, 0.5) is 8.78 Å². The van der Waals surface area contributed by atoms with Crippen LogP contribution in [0.3, 0.4) is 0 Å². The van der Waals surface area contributed by atoms with Gasteiger partial charge in [-0.1, -0.05) is 35.9 Å². The third-order valence-electron chi connectivity index (χ3n) is 6.47. The maximum atomic E-state index is 14.3. The Morgan fingerprint density at radius 1 is 1.11 bits per heavy atom. The Hall–Kier alpha value is -2.39. The molecule has 6 nitrogen and oxygen atoms in total. The summed E-state index contributed by atoms with van der Waals surface area (Å²) in [6.45, 7) is 8.04. The number of fused-ring (bicyclic) bond motifs is 1. The predicted molar refractivity (Wildman–Crippen MR) is 125 cm³/mol. The van der Waals surface area contributed by atoms with Crippen LogP contribution in [-0.2, 0) is 37.0 Å². The third kappa shape index (κ3) is 5.89. The smallest absolute Gasteiger partial charge is 0.252 e. The zero-order chi connectivity index (χ0) is 25.2. The molecule has 1 aliphatic heterocycles. The van der Waals surface area contributed by atoms with Crippen LogP contribution in [0.25, 0.3) is 0 Å². The van der Waals surface area contributed by atoms with E-state index in [2.05, 4.69) is 5.32 Å². The first-order valence-electron chi connectivity index (χ1n) is 12.0. The fourth-order valence-electron chi connectivity index (χ4n) is 4.89. The van der Waals surface area contributed by atoms with Gasteiger partial charge in [0.15, 0.2) is 11.4 Å². The summed E-state index contributed by atoms with van der Waals surface area (Å²) in [7, 11) is 0. The molecule has 2 fully saturated rings. The fourth-order valence-corrected chi connectivity index (χ4v) is 4.89. The number of aryl methyl sites for hydroxylation is 1. The molecule has 4 rings (SSSR count). The van der Waals surface area contributed by atoms with Crippen LogP contribution in [0.5, 0.6) is 0 Å². The topological polar surface area (TPSA) is 66.0 Å². The van der Waals surface area contributed by atoms with E-state index in [-0.39, 0.29) is 31.1 Å². The number of hydrogen-bond acceptors (Lipinski definition) is 5. The van der Waals surface area contributed by atoms with Crippen molar-refractivity contribution in [2.45, 2.75) is 83.5 Å². The summed E-state index contributed by atoms with van der Waals surface area (Å²) in [4.78, 5) is 13.4. The number of hydrogen-bond donors (Lipinski definition) is 1. The highest BCUT2D eigenvalue weighted by molar-refractivity contribution is 5.85. The van der Waals surface area contributed by atoms with Crippen molar-refractivity contribution in [2.24, 2.45) is 0 Å². The molecule has 35 heavy (non-hydrogen) atoms. The molecular weight excluding hydrogens is 456 g/mol. The van der Waals surface area contributed by atoms with Gasteiger partial charge in [0.25, 0.3) is 5.91 Å². The number of nitrogens with one attached hydrogen (secondary N) is 1. The zero-order valence-electron chi connectivity index (χ0n) is 20.6. The lowest BCUT2D eigenvalue weighted by atomic mass is 9.78. The molecule has 1 saturated heterocycles. The van der Waals surface area contributed by atoms with Gasteiger partial charge in [-0.2, -0.15) is 0 Å². The third-order valence-corrected chi connectivity index (χ3v) is 6.47. The Balaban J connectivity index is 1.60. The van der Waals surface area contributed by atoms with Crippen LogP contribution >= 0.6 is 0 Å². The highest BCUT2D eigenvalue weighted by Crippen LogP contribution is 2.44. The summed E-state index contributed by atoms with van der Waals surface area (Å²) in [5, 5.41) is 2.90. The van der Waals surface area contributed by atoms with E-state index >= 15 is 0 Å². The summed E-state index contributed by atoms with van der Waals surface area (Å²) < 4.78 is 52.4. The fraction of sp³-hybridized carbons (Fsp3) is 0.519. The van der Waals surface area contributed by atoms with E-state index in [1.807, 2.05) is 52.0 Å². The molecule has 8 heteroatoms. The molecule has 1 aliphatic carbocycles. The second-order valence-electron chi connectivity index (χ2n) is 9.76. The molecule has 190 valence electrons. The second kappa shape index (κ2) is 10.3. The Morgan fingerprint density at radius 3 is 2.63 bits per heavy atom. The molecule has 0 aromatic heterocycles. The Morgan fingerprint density at radius 2 is 1.91 bits per heavy atom. The van der Waals surface area contributed by atoms with Crippen molar-refractivity contribution in [1.29, 1.82) is 0 Å². The van der Waals surface area contributed by atoms with Crippen LogP contribution < -0.4 is 5.32 Å². The van der Waals surface area contributed by atoms with Gasteiger partial charge in [-0.05, 0) is 39.3 Å². The Bertz CT molecular complexity index is 1060. The lowest BCUT2D eigenvalue weighted by Crippen LogP contribution is -2.60. The lowest BCUT2D eigenvalue weighted by Gasteiger charge is -2.43. The van der Waals surface area contributed by atoms with Crippen molar-refractivity contribution in [2.75, 3.05) is 6.54 Å². The maximum Gasteiger partial charge on any atom is 0.252 e. The lowest BCUT2D eigenvalue weighted by molar-refractivity contribution is -0.183. The summed E-state index contributed by atoms with van der Waals surface area (Å²) in [5.41, 5.74) is 1.04. The summed E-state index contributed by atoms with van der Waals surface area (Å²) >= 11 is 0. The quantitative estimate of drug-likeness (QED) is 0.589. The van der Waals surface area contributed by atoms with E-state index in [1.54, 1.807) is 0 Å². The van der Waals surface area contributed by atoms with Gasteiger partial charge in [-0.15, -0.1) is 0 Å². The molecule has 1 saturated carbocycles. The van der Waals surface area contributed by atoms with E-state index in [4.69, 9.17) is 18.9 Å². The van der Waals surface area contributed by atoms with Crippen LogP contribution in [0.2, 0.25) is 0 Å². The minimum absolute atomic E-state index is 0.104. The van der Waals surface area contributed by atoms with E-state index in [0.29, 0.717) is 13.0 Å². The van der Waals surface area contributed by atoms with Crippen molar-refractivity contribution in [3.05, 3.63) is 70.8 Å². The molecule has 4 atom stereocenters. The second-order valence-corrected chi connectivity index (χ2v) is 9.76. The van der Waals surface area contributed by atoms with Gasteiger partial charge < -0.3 is 24.3 Å². The van der Waals surface area contributed by atoms with Crippen molar-refractivity contribution in [3.8, 4) is 0 Å². The first kappa shape index (κ1) is 25.7. The molecule has 2 aromatic rings. The molecule has 1 heterocycles. The molecule has 1 N–H and O–H groups in total. The number of carbonyl (C=O) groups is 1. The SMILES string of the molecule is CCNC(=O)[C@@]1(OCc2cccc(C)c2)C[C@@H](OCc2ccc(F)cc2F)[C@@H]2OC(C)(C)O[C@@H]2C1. The number of amides is 1. The summed E-state index contributed by atoms with van der Waals surface area (Å²) in [6, 6.07) is 11.3. The summed E-state index contributed by atoms with van der Waals surface area (Å²) in [5.74, 6) is -2.46. The molecule has 0 unspecified atom stereocenters. The van der Waals surface area contributed by atoms with E-state index < -0.39 is 41.3 Å².